The van der Waals surface area contributed by atoms with E-state index in [-0.39, 0.29) is 41.6 Å². The molecule has 0 radical (unpaired) electrons. The quantitative estimate of drug-likeness (QED) is 0.0857. The number of alkyl carbamates (subject to hydrolysis) is 1. The van der Waals surface area contributed by atoms with Crippen molar-refractivity contribution in [3.8, 4) is 28.6 Å². The van der Waals surface area contributed by atoms with Gasteiger partial charge in [-0.1, -0.05) is 36.4 Å². The Morgan fingerprint density at radius 1 is 0.862 bits per heavy atom. The Labute approximate surface area is 354 Å². The largest absolute Gasteiger partial charge is 0.755 e. The van der Waals surface area contributed by atoms with Crippen LogP contribution in [0.15, 0.2) is 89.8 Å². The Hall–Kier alpha value is -4.83. The van der Waals surface area contributed by atoms with Crippen molar-refractivity contribution in [1.29, 1.82) is 0 Å². The molecule has 0 spiro atoms. The second-order valence-electron chi connectivity index (χ2n) is 14.1. The van der Waals surface area contributed by atoms with Crippen LogP contribution in [0.4, 0.5) is 10.5 Å². The predicted molar refractivity (Wildman–Crippen MR) is 226 cm³/mol. The number of halogens is 1. The number of rotatable bonds is 17. The Balaban J connectivity index is 1.72. The number of hydrogen-bond donors (Lipinski definition) is 1. The fourth-order valence-corrected chi connectivity index (χ4v) is 9.26. The molecular formula is C39H45IN7O9S2-. The van der Waals surface area contributed by atoms with Crippen LogP contribution in [0, 0.1) is 3.57 Å². The van der Waals surface area contributed by atoms with Crippen molar-refractivity contribution < 1.29 is 40.9 Å². The van der Waals surface area contributed by atoms with E-state index in [1.54, 1.807) is 94.6 Å². The summed E-state index contributed by atoms with van der Waals surface area (Å²) in [5.41, 5.74) is 1.29. The van der Waals surface area contributed by atoms with Crippen LogP contribution in [0.2, 0.25) is 0 Å². The zero-order valence-corrected chi connectivity index (χ0v) is 36.8. The average molecular weight is 947 g/mol. The highest BCUT2D eigenvalue weighted by atomic mass is 127. The first-order valence-corrected chi connectivity index (χ1v) is 21.4. The summed E-state index contributed by atoms with van der Waals surface area (Å²) < 4.78 is 83.3. The molecule has 0 aliphatic heterocycles. The summed E-state index contributed by atoms with van der Waals surface area (Å²) in [6.45, 7) is 6.31. The Bertz CT molecular complexity index is 2250. The van der Waals surface area contributed by atoms with Gasteiger partial charge < -0.3 is 28.8 Å². The molecule has 2 atom stereocenters. The van der Waals surface area contributed by atoms with Crippen LogP contribution >= 0.6 is 22.6 Å². The van der Waals surface area contributed by atoms with Crippen LogP contribution in [0.3, 0.4) is 0 Å². The molecule has 16 nitrogen and oxygen atoms in total. The first kappa shape index (κ1) is 44.3. The van der Waals surface area contributed by atoms with Crippen LogP contribution in [0.25, 0.3) is 11.4 Å². The highest BCUT2D eigenvalue weighted by Gasteiger charge is 2.37. The summed E-state index contributed by atoms with van der Waals surface area (Å²) in [6.07, 6.45) is -0.769. The van der Waals surface area contributed by atoms with E-state index in [0.717, 1.165) is 9.87 Å². The van der Waals surface area contributed by atoms with Crippen molar-refractivity contribution in [1.82, 2.24) is 29.8 Å². The van der Waals surface area contributed by atoms with Crippen LogP contribution < -0.4 is 23.8 Å². The Morgan fingerprint density at radius 2 is 1.36 bits per heavy atom. The van der Waals surface area contributed by atoms with Gasteiger partial charge in [0.2, 0.25) is 10.0 Å². The minimum atomic E-state index is -4.70. The monoisotopic (exact) mass is 946 g/mol. The molecule has 310 valence electrons. The van der Waals surface area contributed by atoms with Gasteiger partial charge >= 0.3 is 6.09 Å². The highest BCUT2D eigenvalue weighted by molar-refractivity contribution is 14.1. The topological polar surface area (TPSA) is 190 Å². The van der Waals surface area contributed by atoms with Crippen LogP contribution in [0.5, 0.6) is 17.2 Å². The minimum Gasteiger partial charge on any atom is -0.755 e. The Morgan fingerprint density at radius 3 is 1.83 bits per heavy atom. The highest BCUT2D eigenvalue weighted by Crippen LogP contribution is 2.41. The maximum atomic E-state index is 15.6. The lowest BCUT2D eigenvalue weighted by molar-refractivity contribution is 0.133. The number of carbonyl (C=O) groups is 1. The number of ether oxygens (including phenoxy) is 4. The second-order valence-corrected chi connectivity index (χ2v) is 18.0. The fraction of sp³-hybridized carbons (Fsp3) is 0.333. The summed E-state index contributed by atoms with van der Waals surface area (Å²) in [7, 11) is -0.0713. The van der Waals surface area contributed by atoms with Crippen molar-refractivity contribution in [3.05, 3.63) is 105 Å². The van der Waals surface area contributed by atoms with Crippen molar-refractivity contribution in [2.75, 3.05) is 32.2 Å². The number of benzene rings is 4. The lowest BCUT2D eigenvalue weighted by Crippen LogP contribution is -2.44. The van der Waals surface area contributed by atoms with Crippen molar-refractivity contribution in [2.45, 2.75) is 63.8 Å². The second kappa shape index (κ2) is 19.3. The maximum absolute atomic E-state index is 15.6. The molecule has 5 aromatic rings. The van der Waals surface area contributed by atoms with E-state index in [2.05, 4.69) is 20.8 Å². The van der Waals surface area contributed by atoms with Gasteiger partial charge in [-0.2, -0.15) is 4.31 Å². The number of tetrazole rings is 1. The first-order valence-electron chi connectivity index (χ1n) is 17.9. The van der Waals surface area contributed by atoms with Gasteiger partial charge in [-0.25, -0.2) is 17.9 Å². The van der Waals surface area contributed by atoms with E-state index in [9.17, 15) is 13.6 Å². The zero-order chi connectivity index (χ0) is 42.2. The van der Waals surface area contributed by atoms with E-state index in [0.29, 0.717) is 31.9 Å². The SMILES string of the molecule is COc1ccc(CN(Cc2ccc(OC)cc2)S(=O)(=O)c2c(N([C@H](C)COC(=O)NC(C)(C)C)S(=O)[O-])ccc(I)c2-c2nnnn2Cc2ccc(OC)cc2)cc1. The van der Waals surface area contributed by atoms with E-state index in [4.69, 9.17) is 18.9 Å². The van der Waals surface area contributed by atoms with Gasteiger partial charge in [-0.15, -0.1) is 5.10 Å². The number of amides is 1. The third-order valence-corrected chi connectivity index (χ3v) is 12.3. The molecule has 1 aromatic heterocycles. The number of hydrogen-bond acceptors (Lipinski definition) is 12. The number of methoxy groups -OCH3 is 3. The van der Waals surface area contributed by atoms with Crippen molar-refractivity contribution >= 4 is 55.7 Å². The van der Waals surface area contributed by atoms with Gasteiger partial charge in [0.15, 0.2) is 5.82 Å². The molecule has 58 heavy (non-hydrogen) atoms. The summed E-state index contributed by atoms with van der Waals surface area (Å²) in [4.78, 5) is 12.3. The van der Waals surface area contributed by atoms with Gasteiger partial charge in [0.05, 0.1) is 45.2 Å². The molecule has 5 rings (SSSR count). The summed E-state index contributed by atoms with van der Waals surface area (Å²) >= 11 is -1.08. The lowest BCUT2D eigenvalue weighted by Gasteiger charge is -2.35. The molecule has 1 N–H and O–H groups in total. The van der Waals surface area contributed by atoms with E-state index >= 15 is 8.42 Å². The third-order valence-electron chi connectivity index (χ3n) is 8.70. The maximum Gasteiger partial charge on any atom is 0.407 e. The summed E-state index contributed by atoms with van der Waals surface area (Å²) in [5.74, 6) is 1.88. The number of sulfonamides is 1. The first-order chi connectivity index (χ1) is 27.5. The number of anilines is 1. The number of carbonyl (C=O) groups excluding carboxylic acids is 1. The van der Waals surface area contributed by atoms with E-state index < -0.39 is 45.6 Å². The molecule has 0 fully saturated rings. The van der Waals surface area contributed by atoms with Gasteiger partial charge in [-0.05, 0) is 126 Å². The molecule has 1 heterocycles. The molecule has 0 saturated heterocycles. The molecule has 0 aliphatic carbocycles. The fourth-order valence-electron chi connectivity index (χ4n) is 5.88. The van der Waals surface area contributed by atoms with Gasteiger partial charge in [0.1, 0.15) is 28.8 Å². The number of nitrogens with one attached hydrogen (secondary N) is 1. The average Bonchev–Trinajstić information content (AvgIpc) is 3.64. The van der Waals surface area contributed by atoms with Gasteiger partial charge in [0.25, 0.3) is 0 Å². The Kier molecular flexibility index (Phi) is 14.7. The smallest absolute Gasteiger partial charge is 0.407 e. The van der Waals surface area contributed by atoms with Crippen LogP contribution in [-0.2, 0) is 45.7 Å². The molecular weight excluding hydrogens is 902 g/mol. The lowest BCUT2D eigenvalue weighted by atomic mass is 10.1. The van der Waals surface area contributed by atoms with Gasteiger partial charge in [-0.3, -0.25) is 8.51 Å². The molecule has 1 unspecified atom stereocenters. The predicted octanol–water partition coefficient (Wildman–Crippen LogP) is 5.92. The molecule has 4 aromatic carbocycles. The van der Waals surface area contributed by atoms with E-state index in [1.165, 1.54) is 36.2 Å². The molecule has 0 bridgehead atoms. The number of nitrogens with zero attached hydrogens (tertiary/aromatic N) is 6. The minimum absolute atomic E-state index is 0.0691. The zero-order valence-electron chi connectivity index (χ0n) is 33.0. The normalized spacial score (nSPS) is 12.8. The third kappa shape index (κ3) is 11.0. The van der Waals surface area contributed by atoms with Crippen molar-refractivity contribution in [2.24, 2.45) is 0 Å². The molecule has 19 heteroatoms. The van der Waals surface area contributed by atoms with Gasteiger partial charge in [0, 0.05) is 33.5 Å². The van der Waals surface area contributed by atoms with Crippen LogP contribution in [-0.4, -0.2) is 87.3 Å². The molecule has 0 aliphatic rings. The number of aromatic nitrogens is 4. The van der Waals surface area contributed by atoms with E-state index in [1.807, 2.05) is 34.7 Å². The van der Waals surface area contributed by atoms with Crippen LogP contribution in [0.1, 0.15) is 44.4 Å². The summed E-state index contributed by atoms with van der Waals surface area (Å²) in [5, 5.41) is 15.1. The van der Waals surface area contributed by atoms with Crippen molar-refractivity contribution in [3.63, 3.8) is 0 Å². The standard InChI is InChI=1S/C39H46IN7O9S2/c1-26(25-56-38(48)41-39(2,3)4)47(57(49)50)34-21-20-33(40)35(37-42-43-44-46(37)24-29-12-18-32(55-7)19-13-29)36(34)58(51,52)45(22-27-8-14-30(53-5)15-9-27)23-28-10-16-31(54-6)17-11-28/h8-21,26H,22-25H2,1-7H3,(H,41,48)(H,49,50)/p-1/t26-/m1/s1. The molecule has 1 amide bonds. The molecule has 0 saturated carbocycles. The summed E-state index contributed by atoms with van der Waals surface area (Å²) in [6, 6.07) is 23.1.